The number of alkyl carbamates (subject to hydrolysis) is 1. The number of nitrogens with one attached hydrogen (secondary N) is 1. The van der Waals surface area contributed by atoms with E-state index in [1.165, 1.54) is 22.3 Å². The summed E-state index contributed by atoms with van der Waals surface area (Å²) in [5.74, 6) is 0.0493. The fourth-order valence-corrected chi connectivity index (χ4v) is 5.56. The number of amides is 1. The second-order valence-electron chi connectivity index (χ2n) is 13.1. The summed E-state index contributed by atoms with van der Waals surface area (Å²) in [5.41, 5.74) is 4.81. The van der Waals surface area contributed by atoms with Crippen LogP contribution in [0.4, 0.5) is 4.79 Å². The van der Waals surface area contributed by atoms with Gasteiger partial charge in [-0.05, 0) is 42.8 Å². The van der Waals surface area contributed by atoms with Crippen LogP contribution in [-0.4, -0.2) is 190 Å². The summed E-state index contributed by atoms with van der Waals surface area (Å²) in [6, 6.07) is 16.6. The predicted octanol–water partition coefficient (Wildman–Crippen LogP) is 3.66. The first-order chi connectivity index (χ1) is 28.2. The Bertz CT molecular complexity index is 1210. The van der Waals surface area contributed by atoms with Gasteiger partial charge in [0.05, 0.1) is 139 Å². The highest BCUT2D eigenvalue weighted by atomic mass is 16.6. The van der Waals surface area contributed by atoms with Gasteiger partial charge in [0.1, 0.15) is 6.61 Å². The summed E-state index contributed by atoms with van der Waals surface area (Å²) in [6.07, 6.45) is 0.270. The SMILES string of the molecule is CN(C)CCOCCOCCOCCOCCOCCOCCOCCOCCOCCOCCOCCCNC(=O)OCC1c2ccccc2-c2ccccc21. The number of hydrogen-bond donors (Lipinski definition) is 1. The second-order valence-corrected chi connectivity index (χ2v) is 13.1. The summed E-state index contributed by atoms with van der Waals surface area (Å²) in [4.78, 5) is 14.4. The van der Waals surface area contributed by atoms with Crippen molar-refractivity contribution in [2.45, 2.75) is 12.3 Å². The summed E-state index contributed by atoms with van der Waals surface area (Å²) in [6.45, 7) is 13.1. The minimum atomic E-state index is -0.415. The van der Waals surface area contributed by atoms with Gasteiger partial charge in [-0.15, -0.1) is 0 Å². The zero-order chi connectivity index (χ0) is 40.3. The average molecular weight is 809 g/mol. The van der Waals surface area contributed by atoms with Crippen LogP contribution < -0.4 is 5.32 Å². The molecule has 0 bridgehead atoms. The van der Waals surface area contributed by atoms with Gasteiger partial charge in [0.2, 0.25) is 0 Å². The summed E-state index contributed by atoms with van der Waals surface area (Å²) >= 11 is 0. The number of hydrogen-bond acceptors (Lipinski definition) is 14. The van der Waals surface area contributed by atoms with E-state index in [0.29, 0.717) is 165 Å². The number of nitrogens with zero attached hydrogens (tertiary/aromatic N) is 1. The molecule has 2 aromatic carbocycles. The molecule has 2 aromatic rings. The first-order valence-electron chi connectivity index (χ1n) is 20.3. The van der Waals surface area contributed by atoms with Gasteiger partial charge in [-0.1, -0.05) is 48.5 Å². The molecule has 3 rings (SSSR count). The fourth-order valence-electron chi connectivity index (χ4n) is 5.56. The topological polar surface area (TPSA) is 143 Å². The normalized spacial score (nSPS) is 12.3. The minimum absolute atomic E-state index is 0.0493. The van der Waals surface area contributed by atoms with E-state index in [-0.39, 0.29) is 5.92 Å². The number of benzene rings is 2. The summed E-state index contributed by atoms with van der Waals surface area (Å²) in [5, 5.41) is 2.81. The Morgan fingerprint density at radius 3 is 1.14 bits per heavy atom. The number of fused-ring (bicyclic) bond motifs is 3. The van der Waals surface area contributed by atoms with Crippen molar-refractivity contribution in [1.82, 2.24) is 10.2 Å². The largest absolute Gasteiger partial charge is 0.449 e. The number of ether oxygens (including phenoxy) is 12. The van der Waals surface area contributed by atoms with E-state index in [9.17, 15) is 4.79 Å². The van der Waals surface area contributed by atoms with Gasteiger partial charge >= 0.3 is 6.09 Å². The van der Waals surface area contributed by atoms with Crippen LogP contribution in [0.5, 0.6) is 0 Å². The van der Waals surface area contributed by atoms with Crippen LogP contribution in [-0.2, 0) is 56.8 Å². The Morgan fingerprint density at radius 1 is 0.474 bits per heavy atom. The van der Waals surface area contributed by atoms with Crippen molar-refractivity contribution in [2.75, 3.05) is 179 Å². The molecule has 1 aliphatic rings. The molecule has 0 atom stereocenters. The molecule has 324 valence electrons. The highest BCUT2D eigenvalue weighted by Crippen LogP contribution is 2.44. The fraction of sp³-hybridized carbons (Fsp3) is 0.690. The second kappa shape index (κ2) is 34.1. The number of rotatable bonds is 39. The zero-order valence-electron chi connectivity index (χ0n) is 34.3. The maximum absolute atomic E-state index is 12.3. The van der Waals surface area contributed by atoms with Crippen LogP contribution in [0, 0.1) is 0 Å². The zero-order valence-corrected chi connectivity index (χ0v) is 34.3. The third-order valence-electron chi connectivity index (χ3n) is 8.48. The van der Waals surface area contributed by atoms with Crippen LogP contribution in [0.15, 0.2) is 48.5 Å². The number of likely N-dealkylation sites (N-methyl/N-ethyl adjacent to an activating group) is 1. The van der Waals surface area contributed by atoms with Gasteiger partial charge in [0.25, 0.3) is 0 Å². The Kier molecular flexibility index (Phi) is 29.1. The molecule has 15 nitrogen and oxygen atoms in total. The van der Waals surface area contributed by atoms with Gasteiger partial charge in [0, 0.05) is 25.6 Å². The lowest BCUT2D eigenvalue weighted by molar-refractivity contribution is -0.0276. The Balaban J connectivity index is 0.933. The molecule has 0 radical (unpaired) electrons. The standard InChI is InChI=1S/C42H68N2O13/c1-44(2)13-15-47-17-19-49-21-23-51-25-27-53-29-31-55-33-35-56-34-32-54-30-28-52-26-24-50-22-20-48-18-16-46-14-7-12-43-42(45)57-36-41-39-10-5-3-8-37(39)38-9-4-6-11-40(38)41/h3-6,8-11,41H,7,12-36H2,1-2H3,(H,43,45). The molecule has 0 heterocycles. The Hall–Kier alpha value is -2.77. The molecule has 0 saturated heterocycles. The molecular formula is C42H68N2O13. The van der Waals surface area contributed by atoms with Crippen molar-refractivity contribution in [2.24, 2.45) is 0 Å². The lowest BCUT2D eigenvalue weighted by Crippen LogP contribution is -2.27. The van der Waals surface area contributed by atoms with Crippen molar-refractivity contribution in [3.63, 3.8) is 0 Å². The van der Waals surface area contributed by atoms with Crippen molar-refractivity contribution >= 4 is 6.09 Å². The quantitative estimate of drug-likeness (QED) is 0.0982. The summed E-state index contributed by atoms with van der Waals surface area (Å²) in [7, 11) is 4.04. The first-order valence-corrected chi connectivity index (χ1v) is 20.3. The maximum atomic E-state index is 12.3. The van der Waals surface area contributed by atoms with Crippen LogP contribution in [0.2, 0.25) is 0 Å². The Morgan fingerprint density at radius 2 is 0.789 bits per heavy atom. The van der Waals surface area contributed by atoms with Crippen molar-refractivity contribution in [3.05, 3.63) is 59.7 Å². The van der Waals surface area contributed by atoms with Crippen LogP contribution in [0.1, 0.15) is 23.5 Å². The molecule has 1 amide bonds. The van der Waals surface area contributed by atoms with E-state index in [4.69, 9.17) is 56.8 Å². The lowest BCUT2D eigenvalue weighted by atomic mass is 9.98. The van der Waals surface area contributed by atoms with E-state index in [2.05, 4.69) is 34.5 Å². The van der Waals surface area contributed by atoms with Crippen LogP contribution in [0.3, 0.4) is 0 Å². The maximum Gasteiger partial charge on any atom is 0.407 e. The van der Waals surface area contributed by atoms with Gasteiger partial charge in [0.15, 0.2) is 0 Å². The molecule has 0 fully saturated rings. The summed E-state index contributed by atoms with van der Waals surface area (Å²) < 4.78 is 66.1. The molecule has 1 aliphatic carbocycles. The third kappa shape index (κ3) is 24.0. The van der Waals surface area contributed by atoms with Gasteiger partial charge < -0.3 is 67.1 Å². The van der Waals surface area contributed by atoms with E-state index in [0.717, 1.165) is 6.54 Å². The third-order valence-corrected chi connectivity index (χ3v) is 8.48. The molecule has 57 heavy (non-hydrogen) atoms. The molecule has 0 aromatic heterocycles. The smallest absolute Gasteiger partial charge is 0.407 e. The van der Waals surface area contributed by atoms with Gasteiger partial charge in [-0.3, -0.25) is 0 Å². The number of carbonyl (C=O) groups is 1. The minimum Gasteiger partial charge on any atom is -0.449 e. The molecule has 0 saturated carbocycles. The number of carbonyl (C=O) groups excluding carboxylic acids is 1. The van der Waals surface area contributed by atoms with E-state index in [1.54, 1.807) is 0 Å². The molecule has 0 spiro atoms. The molecule has 15 heteroatoms. The van der Waals surface area contributed by atoms with Crippen molar-refractivity contribution < 1.29 is 61.6 Å². The van der Waals surface area contributed by atoms with E-state index in [1.807, 2.05) is 38.4 Å². The molecular weight excluding hydrogens is 740 g/mol. The van der Waals surface area contributed by atoms with Crippen LogP contribution in [0.25, 0.3) is 11.1 Å². The lowest BCUT2D eigenvalue weighted by Gasteiger charge is -2.14. The van der Waals surface area contributed by atoms with Crippen molar-refractivity contribution in [1.29, 1.82) is 0 Å². The van der Waals surface area contributed by atoms with Gasteiger partial charge in [-0.25, -0.2) is 4.79 Å². The molecule has 0 aliphatic heterocycles. The van der Waals surface area contributed by atoms with E-state index >= 15 is 0 Å². The molecule has 0 unspecified atom stereocenters. The first kappa shape index (κ1) is 48.6. The highest BCUT2D eigenvalue weighted by Gasteiger charge is 2.28. The average Bonchev–Trinajstić information content (AvgIpc) is 3.54. The van der Waals surface area contributed by atoms with Crippen molar-refractivity contribution in [3.8, 4) is 11.1 Å². The van der Waals surface area contributed by atoms with Gasteiger partial charge in [-0.2, -0.15) is 0 Å². The Labute approximate surface area is 339 Å². The van der Waals surface area contributed by atoms with Crippen LogP contribution >= 0.6 is 0 Å². The molecule has 1 N–H and O–H groups in total. The highest BCUT2D eigenvalue weighted by molar-refractivity contribution is 5.79. The monoisotopic (exact) mass is 808 g/mol. The predicted molar refractivity (Wildman–Crippen MR) is 215 cm³/mol. The van der Waals surface area contributed by atoms with E-state index < -0.39 is 6.09 Å².